The second kappa shape index (κ2) is 11.6. The Bertz CT molecular complexity index is 1240. The Morgan fingerprint density at radius 3 is 2.37 bits per heavy atom. The van der Waals surface area contributed by atoms with Crippen LogP contribution in [0.25, 0.3) is 10.6 Å². The van der Waals surface area contributed by atoms with Crippen LogP contribution in [0.5, 0.6) is 0 Å². The fourth-order valence-corrected chi connectivity index (χ4v) is 5.24. The summed E-state index contributed by atoms with van der Waals surface area (Å²) in [6, 6.07) is 19.9. The topological polar surface area (TPSA) is 106 Å². The summed E-state index contributed by atoms with van der Waals surface area (Å²) in [6.07, 6.45) is 0.194. The van der Waals surface area contributed by atoms with Crippen molar-refractivity contribution in [3.63, 3.8) is 0 Å². The van der Waals surface area contributed by atoms with E-state index < -0.39 is 12.1 Å². The number of aromatic nitrogens is 1. The highest BCUT2D eigenvalue weighted by Gasteiger charge is 2.26. The van der Waals surface area contributed by atoms with E-state index in [1.165, 1.54) is 18.4 Å². The Morgan fingerprint density at radius 2 is 1.69 bits per heavy atom. The molecule has 2 atom stereocenters. The molecule has 0 saturated heterocycles. The van der Waals surface area contributed by atoms with Gasteiger partial charge in [-0.2, -0.15) is 0 Å². The average molecular weight is 507 g/mol. The number of anilines is 1. The summed E-state index contributed by atoms with van der Waals surface area (Å²) < 4.78 is 4.76. The zero-order valence-corrected chi connectivity index (χ0v) is 20.8. The number of hydrogen-bond donors (Lipinski definition) is 3. The SMILES string of the molecule is COC(=O)N[C@@H](Cc1ccccc1)C(=O)NC(Cc1ccc(N)cc1)c1nc(-c2cccs2)cs1. The molecular formula is C26H26N4O3S2. The van der Waals surface area contributed by atoms with Crippen molar-refractivity contribution in [2.45, 2.75) is 24.9 Å². The molecule has 4 aromatic rings. The number of nitrogen functional groups attached to an aromatic ring is 1. The number of amides is 2. The number of ether oxygens (including phenoxy) is 1. The molecule has 2 aromatic heterocycles. The van der Waals surface area contributed by atoms with Gasteiger partial charge in [0.1, 0.15) is 11.0 Å². The quantitative estimate of drug-likeness (QED) is 0.282. The van der Waals surface area contributed by atoms with Crippen molar-refractivity contribution in [3.05, 3.63) is 93.6 Å². The largest absolute Gasteiger partial charge is 0.453 e. The summed E-state index contributed by atoms with van der Waals surface area (Å²) in [6.45, 7) is 0. The Morgan fingerprint density at radius 1 is 0.943 bits per heavy atom. The lowest BCUT2D eigenvalue weighted by Gasteiger charge is -2.22. The highest BCUT2D eigenvalue weighted by molar-refractivity contribution is 7.14. The summed E-state index contributed by atoms with van der Waals surface area (Å²) in [7, 11) is 1.28. The first-order valence-electron chi connectivity index (χ1n) is 11.0. The number of carbonyl (C=O) groups excluding carboxylic acids is 2. The number of alkyl carbamates (subject to hydrolysis) is 1. The minimum atomic E-state index is -0.810. The number of rotatable bonds is 9. The molecule has 0 spiro atoms. The summed E-state index contributed by atoms with van der Waals surface area (Å²) in [4.78, 5) is 31.3. The monoisotopic (exact) mass is 506 g/mol. The number of benzene rings is 2. The van der Waals surface area contributed by atoms with Crippen LogP contribution >= 0.6 is 22.7 Å². The summed E-state index contributed by atoms with van der Waals surface area (Å²) in [5.41, 5.74) is 9.34. The van der Waals surface area contributed by atoms with E-state index >= 15 is 0 Å². The van der Waals surface area contributed by atoms with Gasteiger partial charge in [-0.05, 0) is 41.1 Å². The molecule has 180 valence electrons. The average Bonchev–Trinajstić information content (AvgIpc) is 3.57. The van der Waals surface area contributed by atoms with E-state index in [1.54, 1.807) is 11.3 Å². The maximum absolute atomic E-state index is 13.4. The zero-order valence-electron chi connectivity index (χ0n) is 19.1. The number of thiazole rings is 1. The van der Waals surface area contributed by atoms with Gasteiger partial charge < -0.3 is 21.1 Å². The molecule has 0 radical (unpaired) electrons. The lowest BCUT2D eigenvalue weighted by molar-refractivity contribution is -0.123. The van der Waals surface area contributed by atoms with Gasteiger partial charge in [0.15, 0.2) is 0 Å². The van der Waals surface area contributed by atoms with Gasteiger partial charge in [-0.3, -0.25) is 4.79 Å². The normalized spacial score (nSPS) is 12.5. The van der Waals surface area contributed by atoms with Crippen molar-refractivity contribution >= 4 is 40.4 Å². The van der Waals surface area contributed by atoms with Crippen LogP contribution in [-0.2, 0) is 22.4 Å². The van der Waals surface area contributed by atoms with Gasteiger partial charge in [-0.15, -0.1) is 22.7 Å². The minimum Gasteiger partial charge on any atom is -0.453 e. The van der Waals surface area contributed by atoms with Crippen LogP contribution in [0.2, 0.25) is 0 Å². The minimum absolute atomic E-state index is 0.312. The number of methoxy groups -OCH3 is 1. The van der Waals surface area contributed by atoms with Crippen molar-refractivity contribution in [3.8, 4) is 10.6 Å². The van der Waals surface area contributed by atoms with E-state index in [0.29, 0.717) is 18.5 Å². The third-order valence-corrected chi connectivity index (χ3v) is 7.26. The molecule has 35 heavy (non-hydrogen) atoms. The van der Waals surface area contributed by atoms with E-state index in [2.05, 4.69) is 10.6 Å². The van der Waals surface area contributed by atoms with Crippen molar-refractivity contribution < 1.29 is 14.3 Å². The molecule has 9 heteroatoms. The van der Waals surface area contributed by atoms with Gasteiger partial charge in [0, 0.05) is 17.5 Å². The van der Waals surface area contributed by atoms with E-state index in [4.69, 9.17) is 15.5 Å². The molecule has 0 fully saturated rings. The first-order chi connectivity index (χ1) is 17.0. The molecule has 0 saturated carbocycles. The Kier molecular flexibility index (Phi) is 8.12. The lowest BCUT2D eigenvalue weighted by atomic mass is 10.0. The molecule has 7 nitrogen and oxygen atoms in total. The van der Waals surface area contributed by atoms with Crippen LogP contribution in [0.1, 0.15) is 22.2 Å². The molecule has 2 amide bonds. The molecule has 4 N–H and O–H groups in total. The molecular weight excluding hydrogens is 480 g/mol. The van der Waals surface area contributed by atoms with Gasteiger partial charge in [0.2, 0.25) is 5.91 Å². The van der Waals surface area contributed by atoms with Crippen molar-refractivity contribution in [2.24, 2.45) is 0 Å². The Balaban J connectivity index is 1.59. The zero-order chi connectivity index (χ0) is 24.6. The molecule has 2 heterocycles. The van der Waals surface area contributed by atoms with Gasteiger partial charge in [-0.25, -0.2) is 9.78 Å². The first-order valence-corrected chi connectivity index (χ1v) is 12.8. The summed E-state index contributed by atoms with van der Waals surface area (Å²) in [5, 5.41) is 10.6. The van der Waals surface area contributed by atoms with Crippen LogP contribution in [0.3, 0.4) is 0 Å². The van der Waals surface area contributed by atoms with Crippen molar-refractivity contribution in [1.82, 2.24) is 15.6 Å². The maximum Gasteiger partial charge on any atom is 0.407 e. The van der Waals surface area contributed by atoms with Gasteiger partial charge in [0.05, 0.1) is 23.7 Å². The van der Waals surface area contributed by atoms with Crippen LogP contribution in [0.4, 0.5) is 10.5 Å². The number of nitrogens with two attached hydrogens (primary N) is 1. The molecule has 4 rings (SSSR count). The summed E-state index contributed by atoms with van der Waals surface area (Å²) >= 11 is 3.12. The molecule has 0 aliphatic rings. The highest BCUT2D eigenvalue weighted by Crippen LogP contribution is 2.30. The summed E-state index contributed by atoms with van der Waals surface area (Å²) in [5.74, 6) is -0.312. The molecule has 0 aliphatic carbocycles. The number of hydrogen-bond acceptors (Lipinski definition) is 7. The van der Waals surface area contributed by atoms with E-state index in [0.717, 1.165) is 26.7 Å². The van der Waals surface area contributed by atoms with Gasteiger partial charge in [0.25, 0.3) is 0 Å². The van der Waals surface area contributed by atoms with Gasteiger partial charge >= 0.3 is 6.09 Å². The van der Waals surface area contributed by atoms with Crippen LogP contribution < -0.4 is 16.4 Å². The third-order valence-electron chi connectivity index (χ3n) is 5.41. The number of nitrogens with one attached hydrogen (secondary N) is 2. The van der Waals surface area contributed by atoms with Gasteiger partial charge in [-0.1, -0.05) is 48.5 Å². The Labute approximate surface area is 212 Å². The van der Waals surface area contributed by atoms with E-state index in [-0.39, 0.29) is 11.9 Å². The van der Waals surface area contributed by atoms with E-state index in [9.17, 15) is 9.59 Å². The Hall–Kier alpha value is -3.69. The number of carbonyl (C=O) groups is 2. The van der Waals surface area contributed by atoms with E-state index in [1.807, 2.05) is 77.5 Å². The fraction of sp³-hybridized carbons (Fsp3) is 0.192. The third kappa shape index (κ3) is 6.68. The molecule has 1 unspecified atom stereocenters. The number of thiophene rings is 1. The van der Waals surface area contributed by atoms with Crippen LogP contribution in [0, 0.1) is 0 Å². The highest BCUT2D eigenvalue weighted by atomic mass is 32.1. The smallest absolute Gasteiger partial charge is 0.407 e. The second-order valence-electron chi connectivity index (χ2n) is 7.93. The predicted molar refractivity (Wildman–Crippen MR) is 140 cm³/mol. The van der Waals surface area contributed by atoms with Crippen LogP contribution in [-0.4, -0.2) is 30.1 Å². The standard InChI is InChI=1S/C26H26N4O3S2/c1-33-26(32)30-20(14-17-6-3-2-4-7-17)24(31)28-21(15-18-9-11-19(27)12-10-18)25-29-22(16-35-25)23-8-5-13-34-23/h2-13,16,20-21H,14-15,27H2,1H3,(H,28,31)(H,30,32)/t20-,21?/m0/s1. The predicted octanol–water partition coefficient (Wildman–Crippen LogP) is 4.82. The maximum atomic E-state index is 13.4. The molecule has 0 aliphatic heterocycles. The van der Waals surface area contributed by atoms with Crippen molar-refractivity contribution in [1.29, 1.82) is 0 Å². The number of nitrogens with zero attached hydrogens (tertiary/aromatic N) is 1. The first kappa shape index (κ1) is 24.4. The van der Waals surface area contributed by atoms with Crippen LogP contribution in [0.15, 0.2) is 77.5 Å². The lowest BCUT2D eigenvalue weighted by Crippen LogP contribution is -2.49. The molecule has 0 bridgehead atoms. The van der Waals surface area contributed by atoms with Crippen molar-refractivity contribution in [2.75, 3.05) is 12.8 Å². The second-order valence-corrected chi connectivity index (χ2v) is 9.77. The molecule has 2 aromatic carbocycles. The fourth-order valence-electron chi connectivity index (χ4n) is 3.61.